The molecular weight excluding hydrogens is 328 g/mol. The number of aromatic hydroxyl groups is 1. The van der Waals surface area contributed by atoms with Gasteiger partial charge in [0.25, 0.3) is 0 Å². The molecule has 8 heteroatoms. The maximum absolute atomic E-state index is 12.1. The fraction of sp³-hybridized carbons (Fsp3) is 0.286. The zero-order valence-corrected chi connectivity index (χ0v) is 13.8. The van der Waals surface area contributed by atoms with Crippen LogP contribution in [0.5, 0.6) is 11.5 Å². The SMILES string of the molecule is COC(=O)C1=C(C)NC(=S)NC1c1cc(Cl)c(O)c(OC)c1. The molecule has 0 aromatic heterocycles. The average Bonchev–Trinajstić information content (AvgIpc) is 2.48. The highest BCUT2D eigenvalue weighted by molar-refractivity contribution is 7.80. The molecule has 0 spiro atoms. The first-order valence-electron chi connectivity index (χ1n) is 6.32. The Labute approximate surface area is 138 Å². The first kappa shape index (κ1) is 16.4. The van der Waals surface area contributed by atoms with E-state index in [0.717, 1.165) is 0 Å². The van der Waals surface area contributed by atoms with Crippen LogP contribution < -0.4 is 15.4 Å². The highest BCUT2D eigenvalue weighted by Gasteiger charge is 2.31. The Balaban J connectivity index is 2.58. The topological polar surface area (TPSA) is 79.8 Å². The fourth-order valence-electron chi connectivity index (χ4n) is 2.24. The largest absolute Gasteiger partial charge is 0.503 e. The molecule has 0 radical (unpaired) electrons. The van der Waals surface area contributed by atoms with Crippen LogP contribution in [0.15, 0.2) is 23.4 Å². The molecule has 1 aromatic rings. The van der Waals surface area contributed by atoms with Gasteiger partial charge < -0.3 is 25.2 Å². The van der Waals surface area contributed by atoms with E-state index in [1.807, 2.05) is 0 Å². The van der Waals surface area contributed by atoms with Gasteiger partial charge in [0.05, 0.1) is 30.9 Å². The van der Waals surface area contributed by atoms with Gasteiger partial charge in [0.2, 0.25) is 0 Å². The number of esters is 1. The standard InChI is InChI=1S/C14H15ClN2O4S/c1-6-10(13(19)21-3)11(17-14(22)16-6)7-4-8(15)12(18)9(5-7)20-2/h4-5,11,18H,1-3H3,(H2,16,17,22). The highest BCUT2D eigenvalue weighted by atomic mass is 35.5. The first-order chi connectivity index (χ1) is 10.4. The van der Waals surface area contributed by atoms with Crippen molar-refractivity contribution >= 4 is 34.9 Å². The minimum absolute atomic E-state index is 0.113. The van der Waals surface area contributed by atoms with E-state index in [1.54, 1.807) is 19.1 Å². The molecule has 0 bridgehead atoms. The lowest BCUT2D eigenvalue weighted by Crippen LogP contribution is -2.45. The van der Waals surface area contributed by atoms with Crippen LogP contribution in [-0.4, -0.2) is 30.4 Å². The number of benzene rings is 1. The van der Waals surface area contributed by atoms with E-state index < -0.39 is 12.0 Å². The van der Waals surface area contributed by atoms with Crippen molar-refractivity contribution in [3.8, 4) is 11.5 Å². The zero-order valence-electron chi connectivity index (χ0n) is 12.2. The molecule has 0 amide bonds. The summed E-state index contributed by atoms with van der Waals surface area (Å²) in [5.74, 6) is -0.450. The Morgan fingerprint density at radius 2 is 2.09 bits per heavy atom. The number of phenolic OH excluding ortho intramolecular Hbond substituents is 1. The summed E-state index contributed by atoms with van der Waals surface area (Å²) < 4.78 is 9.91. The second-order valence-corrected chi connectivity index (χ2v) is 5.43. The van der Waals surface area contributed by atoms with E-state index in [1.165, 1.54) is 14.2 Å². The number of carbonyl (C=O) groups excluding carboxylic acids is 1. The van der Waals surface area contributed by atoms with Crippen LogP contribution in [0.4, 0.5) is 0 Å². The van der Waals surface area contributed by atoms with E-state index in [2.05, 4.69) is 10.6 Å². The van der Waals surface area contributed by atoms with Crippen LogP contribution >= 0.6 is 23.8 Å². The van der Waals surface area contributed by atoms with E-state index in [4.69, 9.17) is 33.3 Å². The smallest absolute Gasteiger partial charge is 0.337 e. The summed E-state index contributed by atoms with van der Waals surface area (Å²) in [4.78, 5) is 12.1. The van der Waals surface area contributed by atoms with Crippen LogP contribution in [0.25, 0.3) is 0 Å². The Hall–Kier alpha value is -1.99. The molecule has 1 aliphatic rings. The molecule has 1 aromatic carbocycles. The monoisotopic (exact) mass is 342 g/mol. The predicted molar refractivity (Wildman–Crippen MR) is 86.0 cm³/mol. The third kappa shape index (κ3) is 2.95. The number of methoxy groups -OCH3 is 2. The van der Waals surface area contributed by atoms with Crippen LogP contribution in [0.3, 0.4) is 0 Å². The molecule has 1 heterocycles. The minimum Gasteiger partial charge on any atom is -0.503 e. The number of phenols is 1. The molecule has 1 aliphatic heterocycles. The van der Waals surface area contributed by atoms with Gasteiger partial charge in [-0.1, -0.05) is 11.6 Å². The number of carbonyl (C=O) groups is 1. The van der Waals surface area contributed by atoms with Crippen molar-refractivity contribution < 1.29 is 19.4 Å². The maximum Gasteiger partial charge on any atom is 0.337 e. The normalized spacial score (nSPS) is 17.6. The van der Waals surface area contributed by atoms with E-state index in [9.17, 15) is 9.90 Å². The summed E-state index contributed by atoms with van der Waals surface area (Å²) in [5.41, 5.74) is 1.58. The molecule has 6 nitrogen and oxygen atoms in total. The molecule has 0 saturated heterocycles. The van der Waals surface area contributed by atoms with Gasteiger partial charge in [-0.3, -0.25) is 0 Å². The Bertz CT molecular complexity index is 675. The van der Waals surface area contributed by atoms with Crippen LogP contribution in [0.2, 0.25) is 5.02 Å². The van der Waals surface area contributed by atoms with Gasteiger partial charge in [0.15, 0.2) is 16.6 Å². The molecule has 3 N–H and O–H groups in total. The Morgan fingerprint density at radius 3 is 2.68 bits per heavy atom. The van der Waals surface area contributed by atoms with Gasteiger partial charge in [-0.2, -0.15) is 0 Å². The van der Waals surface area contributed by atoms with Gasteiger partial charge in [-0.15, -0.1) is 0 Å². The molecular formula is C14H15ClN2O4S. The summed E-state index contributed by atoms with van der Waals surface area (Å²) in [7, 11) is 2.72. The van der Waals surface area contributed by atoms with E-state index in [0.29, 0.717) is 21.9 Å². The van der Waals surface area contributed by atoms with Crippen molar-refractivity contribution in [2.75, 3.05) is 14.2 Å². The molecule has 1 unspecified atom stereocenters. The number of rotatable bonds is 3. The van der Waals surface area contributed by atoms with E-state index in [-0.39, 0.29) is 16.5 Å². The molecule has 118 valence electrons. The average molecular weight is 343 g/mol. The summed E-state index contributed by atoms with van der Waals surface area (Å²) in [6, 6.07) is 2.57. The maximum atomic E-state index is 12.1. The molecule has 2 rings (SSSR count). The number of hydrogen-bond acceptors (Lipinski definition) is 5. The number of allylic oxidation sites excluding steroid dienone is 1. The molecule has 1 atom stereocenters. The fourth-order valence-corrected chi connectivity index (χ4v) is 2.73. The lowest BCUT2D eigenvalue weighted by atomic mass is 9.95. The van der Waals surface area contributed by atoms with Crippen LogP contribution in [-0.2, 0) is 9.53 Å². The van der Waals surface area contributed by atoms with Crippen molar-refractivity contribution in [2.24, 2.45) is 0 Å². The lowest BCUT2D eigenvalue weighted by Gasteiger charge is -2.30. The number of halogens is 1. The van der Waals surface area contributed by atoms with Crippen molar-refractivity contribution in [3.05, 3.63) is 34.0 Å². The van der Waals surface area contributed by atoms with Gasteiger partial charge in [-0.25, -0.2) is 4.79 Å². The lowest BCUT2D eigenvalue weighted by molar-refractivity contribution is -0.136. The van der Waals surface area contributed by atoms with Gasteiger partial charge in [-0.05, 0) is 36.8 Å². The van der Waals surface area contributed by atoms with Gasteiger partial charge in [0.1, 0.15) is 0 Å². The number of hydrogen-bond donors (Lipinski definition) is 3. The minimum atomic E-state index is -0.562. The van der Waals surface area contributed by atoms with Crippen molar-refractivity contribution in [2.45, 2.75) is 13.0 Å². The van der Waals surface area contributed by atoms with Crippen LogP contribution in [0, 0.1) is 0 Å². The molecule has 0 fully saturated rings. The summed E-state index contributed by atoms with van der Waals surface area (Å²) in [5, 5.41) is 16.2. The van der Waals surface area contributed by atoms with Crippen molar-refractivity contribution in [1.29, 1.82) is 0 Å². The zero-order chi connectivity index (χ0) is 16.4. The first-order valence-corrected chi connectivity index (χ1v) is 7.10. The van der Waals surface area contributed by atoms with Gasteiger partial charge in [0, 0.05) is 5.70 Å². The summed E-state index contributed by atoms with van der Waals surface area (Å²) in [6.45, 7) is 1.73. The summed E-state index contributed by atoms with van der Waals surface area (Å²) >= 11 is 11.1. The summed E-state index contributed by atoms with van der Waals surface area (Å²) in [6.07, 6.45) is 0. The second-order valence-electron chi connectivity index (χ2n) is 4.62. The van der Waals surface area contributed by atoms with Crippen molar-refractivity contribution in [3.63, 3.8) is 0 Å². The second kappa shape index (κ2) is 6.41. The molecule has 22 heavy (non-hydrogen) atoms. The highest BCUT2D eigenvalue weighted by Crippen LogP contribution is 2.39. The molecule has 0 aliphatic carbocycles. The number of nitrogens with one attached hydrogen (secondary N) is 2. The number of ether oxygens (including phenoxy) is 2. The molecule has 0 saturated carbocycles. The Kier molecular flexibility index (Phi) is 4.77. The van der Waals surface area contributed by atoms with Crippen molar-refractivity contribution in [1.82, 2.24) is 10.6 Å². The number of thiocarbonyl (C=S) groups is 1. The Morgan fingerprint density at radius 1 is 1.41 bits per heavy atom. The van der Waals surface area contributed by atoms with Gasteiger partial charge >= 0.3 is 5.97 Å². The van der Waals surface area contributed by atoms with E-state index >= 15 is 0 Å². The third-order valence-corrected chi connectivity index (χ3v) is 3.79. The quantitative estimate of drug-likeness (QED) is 0.573. The predicted octanol–water partition coefficient (Wildman–Crippen LogP) is 2.02. The van der Waals surface area contributed by atoms with Crippen LogP contribution in [0.1, 0.15) is 18.5 Å². The third-order valence-electron chi connectivity index (χ3n) is 3.28.